The summed E-state index contributed by atoms with van der Waals surface area (Å²) in [7, 11) is 4.40. The lowest BCUT2D eigenvalue weighted by Gasteiger charge is -2.36. The molecule has 0 spiro atoms. The fourth-order valence-electron chi connectivity index (χ4n) is 1.95. The summed E-state index contributed by atoms with van der Waals surface area (Å²) in [4.78, 5) is 11.0. The van der Waals surface area contributed by atoms with E-state index in [1.807, 2.05) is 6.07 Å². The van der Waals surface area contributed by atoms with Gasteiger partial charge in [-0.15, -0.1) is 0 Å². The van der Waals surface area contributed by atoms with Crippen molar-refractivity contribution in [2.75, 3.05) is 20.7 Å². The Balaban J connectivity index is 2.47. The van der Waals surface area contributed by atoms with Crippen LogP contribution in [-0.4, -0.2) is 37.2 Å². The van der Waals surface area contributed by atoms with E-state index < -0.39 is 0 Å². The van der Waals surface area contributed by atoms with Gasteiger partial charge in [-0.2, -0.15) is 0 Å². The number of hydrogen-bond donors (Lipinski definition) is 0. The molecule has 0 aliphatic heterocycles. The molecule has 0 N–H and O–H groups in total. The molecule has 0 aliphatic rings. The highest BCUT2D eigenvalue weighted by Crippen LogP contribution is 2.16. The summed E-state index contributed by atoms with van der Waals surface area (Å²) in [6.45, 7) is 6.99. The molecule has 0 fully saturated rings. The highest BCUT2D eigenvalue weighted by molar-refractivity contribution is 5.81. The number of carbonyl (C=O) groups is 1. The maximum absolute atomic E-state index is 11.0. The molecule has 0 radical (unpaired) electrons. The van der Waals surface area contributed by atoms with E-state index >= 15 is 0 Å². The third-order valence-corrected chi connectivity index (χ3v) is 3.57. The second-order valence-corrected chi connectivity index (χ2v) is 5.43. The summed E-state index contributed by atoms with van der Waals surface area (Å²) in [5, 5.41) is 0. The highest BCUT2D eigenvalue weighted by atomic mass is 16.5. The van der Waals surface area contributed by atoms with Crippen LogP contribution in [0.3, 0.4) is 0 Å². The van der Waals surface area contributed by atoms with Crippen molar-refractivity contribution >= 4 is 5.97 Å². The van der Waals surface area contributed by atoms with Crippen LogP contribution in [0.15, 0.2) is 43.0 Å². The van der Waals surface area contributed by atoms with Gasteiger partial charge in [-0.25, -0.2) is 4.79 Å². The zero-order valence-electron chi connectivity index (χ0n) is 12.1. The van der Waals surface area contributed by atoms with Gasteiger partial charge in [0, 0.05) is 18.1 Å². The van der Waals surface area contributed by atoms with Crippen LogP contribution in [0.1, 0.15) is 18.9 Å². The molecule has 1 atom stereocenters. The largest absolute Gasteiger partial charge is 0.462 e. The smallest absolute Gasteiger partial charge is 0.330 e. The molecular weight excluding hydrogens is 238 g/mol. The van der Waals surface area contributed by atoms with Gasteiger partial charge in [-0.3, -0.25) is 0 Å². The van der Waals surface area contributed by atoms with Crippen molar-refractivity contribution in [3.8, 4) is 0 Å². The van der Waals surface area contributed by atoms with E-state index in [9.17, 15) is 4.79 Å². The number of nitrogens with zero attached hydrogens (tertiary/aromatic N) is 1. The number of quaternary nitrogens is 1. The summed E-state index contributed by atoms with van der Waals surface area (Å²) in [6, 6.07) is 10.9. The maximum Gasteiger partial charge on any atom is 0.330 e. The minimum absolute atomic E-state index is 0.347. The van der Waals surface area contributed by atoms with Crippen molar-refractivity contribution in [2.45, 2.75) is 25.9 Å². The van der Waals surface area contributed by atoms with E-state index in [1.54, 1.807) is 0 Å². The van der Waals surface area contributed by atoms with Gasteiger partial charge in [0.15, 0.2) is 0 Å². The number of esters is 1. The SMILES string of the molecule is C=CC(=O)OCCC(C)[N+](C)(C)Cc1ccccc1. The molecule has 0 amide bonds. The number of benzene rings is 1. The van der Waals surface area contributed by atoms with Crippen LogP contribution < -0.4 is 0 Å². The zero-order valence-corrected chi connectivity index (χ0v) is 12.1. The topological polar surface area (TPSA) is 26.3 Å². The predicted molar refractivity (Wildman–Crippen MR) is 77.5 cm³/mol. The average molecular weight is 262 g/mol. The predicted octanol–water partition coefficient (Wildman–Crippen LogP) is 2.77. The summed E-state index contributed by atoms with van der Waals surface area (Å²) in [5.41, 5.74) is 1.32. The van der Waals surface area contributed by atoms with Crippen LogP contribution in [0.5, 0.6) is 0 Å². The molecular formula is C16H24NO2+. The Hall–Kier alpha value is -1.61. The Labute approximate surface area is 116 Å². The average Bonchev–Trinajstić information content (AvgIpc) is 2.39. The van der Waals surface area contributed by atoms with Crippen molar-refractivity contribution < 1.29 is 14.0 Å². The van der Waals surface area contributed by atoms with E-state index in [1.165, 1.54) is 11.6 Å². The first-order chi connectivity index (χ1) is 8.95. The lowest BCUT2D eigenvalue weighted by Crippen LogP contribution is -2.47. The first-order valence-corrected chi connectivity index (χ1v) is 6.61. The lowest BCUT2D eigenvalue weighted by atomic mass is 10.1. The molecule has 0 saturated heterocycles. The monoisotopic (exact) mass is 262 g/mol. The van der Waals surface area contributed by atoms with E-state index in [0.717, 1.165) is 17.4 Å². The van der Waals surface area contributed by atoms with Crippen LogP contribution in [-0.2, 0) is 16.1 Å². The third kappa shape index (κ3) is 5.26. The molecule has 3 heteroatoms. The number of ether oxygens (including phenoxy) is 1. The molecule has 1 rings (SSSR count). The minimum Gasteiger partial charge on any atom is -0.462 e. The molecule has 0 saturated carbocycles. The van der Waals surface area contributed by atoms with E-state index in [-0.39, 0.29) is 5.97 Å². The van der Waals surface area contributed by atoms with Gasteiger partial charge in [0.25, 0.3) is 0 Å². The van der Waals surface area contributed by atoms with Crippen molar-refractivity contribution in [2.24, 2.45) is 0 Å². The summed E-state index contributed by atoms with van der Waals surface area (Å²) in [5.74, 6) is -0.347. The van der Waals surface area contributed by atoms with Crippen molar-refractivity contribution in [3.05, 3.63) is 48.6 Å². The second kappa shape index (κ2) is 7.10. The van der Waals surface area contributed by atoms with Crippen LogP contribution in [0.2, 0.25) is 0 Å². The van der Waals surface area contributed by atoms with Gasteiger partial charge in [-0.1, -0.05) is 36.9 Å². The van der Waals surface area contributed by atoms with Crippen LogP contribution in [0.4, 0.5) is 0 Å². The molecule has 104 valence electrons. The second-order valence-electron chi connectivity index (χ2n) is 5.43. The first-order valence-electron chi connectivity index (χ1n) is 6.61. The molecule has 1 aromatic rings. The Morgan fingerprint density at radius 1 is 1.37 bits per heavy atom. The molecule has 1 unspecified atom stereocenters. The molecule has 3 nitrogen and oxygen atoms in total. The van der Waals surface area contributed by atoms with Gasteiger partial charge >= 0.3 is 5.97 Å². The van der Waals surface area contributed by atoms with Gasteiger partial charge in [0.1, 0.15) is 6.54 Å². The molecule has 0 aliphatic carbocycles. The Kier molecular flexibility index (Phi) is 5.77. The number of rotatable bonds is 7. The Bertz CT molecular complexity index is 412. The molecule has 1 aromatic carbocycles. The highest BCUT2D eigenvalue weighted by Gasteiger charge is 2.24. The van der Waals surface area contributed by atoms with E-state index in [2.05, 4.69) is 51.9 Å². The van der Waals surface area contributed by atoms with Crippen molar-refractivity contribution in [1.29, 1.82) is 0 Å². The van der Waals surface area contributed by atoms with Crippen LogP contribution >= 0.6 is 0 Å². The summed E-state index contributed by atoms with van der Waals surface area (Å²) < 4.78 is 5.91. The van der Waals surface area contributed by atoms with Crippen molar-refractivity contribution in [1.82, 2.24) is 0 Å². The number of hydrogen-bond acceptors (Lipinski definition) is 2. The van der Waals surface area contributed by atoms with Crippen LogP contribution in [0, 0.1) is 0 Å². The molecule has 0 aromatic heterocycles. The fourth-order valence-corrected chi connectivity index (χ4v) is 1.95. The van der Waals surface area contributed by atoms with Gasteiger partial charge in [-0.05, 0) is 6.92 Å². The first kappa shape index (κ1) is 15.4. The standard InChI is InChI=1S/C16H24NO2/c1-5-16(18)19-12-11-14(2)17(3,4)13-15-9-7-6-8-10-15/h5-10,14H,1,11-13H2,2-4H3/q+1. The van der Waals surface area contributed by atoms with Gasteiger partial charge in [0.05, 0.1) is 26.7 Å². The fraction of sp³-hybridized carbons (Fsp3) is 0.438. The normalized spacial score (nSPS) is 12.8. The zero-order chi connectivity index (χ0) is 14.3. The van der Waals surface area contributed by atoms with Crippen molar-refractivity contribution in [3.63, 3.8) is 0 Å². The molecule has 0 heterocycles. The lowest BCUT2D eigenvalue weighted by molar-refractivity contribution is -0.926. The summed E-state index contributed by atoms with van der Waals surface area (Å²) in [6.07, 6.45) is 2.05. The third-order valence-electron chi connectivity index (χ3n) is 3.57. The number of carbonyl (C=O) groups excluding carboxylic acids is 1. The van der Waals surface area contributed by atoms with Gasteiger partial charge in [0.2, 0.25) is 0 Å². The Morgan fingerprint density at radius 2 is 2.00 bits per heavy atom. The quantitative estimate of drug-likeness (QED) is 0.429. The molecule has 19 heavy (non-hydrogen) atoms. The minimum atomic E-state index is -0.347. The molecule has 0 bridgehead atoms. The van der Waals surface area contributed by atoms with E-state index in [4.69, 9.17) is 4.74 Å². The van der Waals surface area contributed by atoms with Gasteiger partial charge < -0.3 is 9.22 Å². The summed E-state index contributed by atoms with van der Waals surface area (Å²) >= 11 is 0. The maximum atomic E-state index is 11.0. The van der Waals surface area contributed by atoms with Crippen LogP contribution in [0.25, 0.3) is 0 Å². The Morgan fingerprint density at radius 3 is 2.58 bits per heavy atom. The van der Waals surface area contributed by atoms with E-state index in [0.29, 0.717) is 12.6 Å².